The Bertz CT molecular complexity index is 457. The van der Waals surface area contributed by atoms with E-state index in [1.807, 2.05) is 13.0 Å². The van der Waals surface area contributed by atoms with Gasteiger partial charge in [-0.2, -0.15) is 0 Å². The number of benzene rings is 1. The van der Waals surface area contributed by atoms with Crippen LogP contribution in [0.2, 0.25) is 0 Å². The van der Waals surface area contributed by atoms with Crippen molar-refractivity contribution in [2.24, 2.45) is 0 Å². The first-order valence-corrected chi connectivity index (χ1v) is 7.21. The maximum atomic E-state index is 12.3. The van der Waals surface area contributed by atoms with E-state index >= 15 is 0 Å². The van der Waals surface area contributed by atoms with Gasteiger partial charge in [-0.05, 0) is 18.6 Å². The minimum Gasteiger partial charge on any atom is -0.387 e. The molecule has 0 aliphatic carbocycles. The molecule has 0 fully saturated rings. The molecule has 0 spiro atoms. The minimum absolute atomic E-state index is 0.334. The van der Waals surface area contributed by atoms with E-state index in [2.05, 4.69) is 5.32 Å². The van der Waals surface area contributed by atoms with Crippen molar-refractivity contribution >= 4 is 15.7 Å². The molecular weight excluding hydrogens is 236 g/mol. The molecule has 4 nitrogen and oxygen atoms in total. The molecule has 0 bridgehead atoms. The zero-order valence-corrected chi connectivity index (χ0v) is 11.4. The number of anilines is 1. The third kappa shape index (κ3) is 3.20. The Labute approximate surface area is 104 Å². The molecule has 0 aromatic heterocycles. The number of hydrogen-bond donors (Lipinski definition) is 1. The molecule has 1 rings (SSSR count). The van der Waals surface area contributed by atoms with Gasteiger partial charge in [0.1, 0.15) is 4.90 Å². The van der Waals surface area contributed by atoms with Gasteiger partial charge >= 0.3 is 0 Å². The highest BCUT2D eigenvalue weighted by atomic mass is 32.2. The Kier molecular flexibility index (Phi) is 4.96. The number of nitrogens with one attached hydrogen (secondary N) is 1. The van der Waals surface area contributed by atoms with Crippen LogP contribution in [0, 0.1) is 0 Å². The summed E-state index contributed by atoms with van der Waals surface area (Å²) in [6.07, 6.45) is 1.85. The smallest absolute Gasteiger partial charge is 0.244 e. The lowest BCUT2D eigenvalue weighted by Gasteiger charge is -2.18. The van der Waals surface area contributed by atoms with Gasteiger partial charge in [-0.25, -0.2) is 12.7 Å². The summed E-state index contributed by atoms with van der Waals surface area (Å²) >= 11 is 0. The van der Waals surface area contributed by atoms with E-state index in [1.165, 1.54) is 4.31 Å². The third-order valence-corrected chi connectivity index (χ3v) is 4.59. The number of hydrogen-bond acceptors (Lipinski definition) is 3. The molecule has 0 atom stereocenters. The number of nitrogens with zero attached hydrogens (tertiary/aromatic N) is 1. The quantitative estimate of drug-likeness (QED) is 0.848. The van der Waals surface area contributed by atoms with E-state index < -0.39 is 10.0 Å². The molecule has 0 heterocycles. The van der Waals surface area contributed by atoms with E-state index in [0.29, 0.717) is 17.1 Å². The molecule has 1 aromatic rings. The molecule has 0 aliphatic heterocycles. The van der Waals surface area contributed by atoms with Gasteiger partial charge in [0.05, 0.1) is 5.69 Å². The number of rotatable bonds is 6. The first-order chi connectivity index (χ1) is 8.04. The summed E-state index contributed by atoms with van der Waals surface area (Å²) in [7, 11) is -0.0381. The topological polar surface area (TPSA) is 49.4 Å². The van der Waals surface area contributed by atoms with Crippen molar-refractivity contribution in [2.75, 3.05) is 26.0 Å². The van der Waals surface area contributed by atoms with Gasteiger partial charge in [-0.15, -0.1) is 0 Å². The van der Waals surface area contributed by atoms with Gasteiger partial charge in [0.25, 0.3) is 0 Å². The van der Waals surface area contributed by atoms with Gasteiger partial charge in [0.15, 0.2) is 0 Å². The largest absolute Gasteiger partial charge is 0.387 e. The summed E-state index contributed by atoms with van der Waals surface area (Å²) in [6, 6.07) is 6.95. The lowest BCUT2D eigenvalue weighted by Crippen LogP contribution is -2.28. The Morgan fingerprint density at radius 2 is 1.94 bits per heavy atom. The van der Waals surface area contributed by atoms with Crippen molar-refractivity contribution in [3.63, 3.8) is 0 Å². The molecule has 1 aromatic carbocycles. The molecule has 0 saturated carbocycles. The average Bonchev–Trinajstić information content (AvgIpc) is 2.35. The van der Waals surface area contributed by atoms with Crippen LogP contribution in [0.3, 0.4) is 0 Å². The Hall–Kier alpha value is -1.07. The van der Waals surface area contributed by atoms with Crippen LogP contribution in [0.25, 0.3) is 0 Å². The van der Waals surface area contributed by atoms with Crippen LogP contribution in [0.15, 0.2) is 29.2 Å². The zero-order chi connectivity index (χ0) is 12.9. The Morgan fingerprint density at radius 3 is 2.53 bits per heavy atom. The average molecular weight is 256 g/mol. The summed E-state index contributed by atoms with van der Waals surface area (Å²) in [5.41, 5.74) is 0.635. The summed E-state index contributed by atoms with van der Waals surface area (Å²) in [5, 5.41) is 2.91. The highest BCUT2D eigenvalue weighted by molar-refractivity contribution is 7.89. The van der Waals surface area contributed by atoms with Crippen molar-refractivity contribution in [3.8, 4) is 0 Å². The van der Waals surface area contributed by atoms with E-state index in [-0.39, 0.29) is 0 Å². The molecule has 5 heteroatoms. The third-order valence-electron chi connectivity index (χ3n) is 2.67. The second-order valence-corrected chi connectivity index (χ2v) is 5.94. The molecule has 0 radical (unpaired) electrons. The first kappa shape index (κ1) is 14.0. The molecule has 0 saturated heterocycles. The lowest BCUT2D eigenvalue weighted by atomic mass is 10.3. The summed E-state index contributed by atoms with van der Waals surface area (Å²) in [6.45, 7) is 2.60. The minimum atomic E-state index is -3.38. The molecule has 0 unspecified atom stereocenters. The predicted molar refractivity (Wildman–Crippen MR) is 70.7 cm³/mol. The maximum Gasteiger partial charge on any atom is 0.244 e. The van der Waals surface area contributed by atoms with Crippen LogP contribution < -0.4 is 5.32 Å². The van der Waals surface area contributed by atoms with Crippen LogP contribution in [-0.4, -0.2) is 33.4 Å². The van der Waals surface area contributed by atoms with E-state index in [4.69, 9.17) is 0 Å². The van der Waals surface area contributed by atoms with Gasteiger partial charge in [-0.1, -0.05) is 25.5 Å². The normalized spacial score (nSPS) is 11.8. The highest BCUT2D eigenvalue weighted by Gasteiger charge is 2.22. The highest BCUT2D eigenvalue weighted by Crippen LogP contribution is 2.23. The first-order valence-electron chi connectivity index (χ1n) is 5.77. The number of sulfonamides is 1. The second kappa shape index (κ2) is 6.02. The summed E-state index contributed by atoms with van der Waals surface area (Å²) in [5.74, 6) is 0. The fourth-order valence-corrected chi connectivity index (χ4v) is 2.97. The fourth-order valence-electron chi connectivity index (χ4n) is 1.57. The molecular formula is C12H20N2O2S. The lowest BCUT2D eigenvalue weighted by molar-refractivity contribution is 0.459. The van der Waals surface area contributed by atoms with Gasteiger partial charge in [-0.3, -0.25) is 0 Å². The second-order valence-electron chi connectivity index (χ2n) is 3.93. The van der Waals surface area contributed by atoms with E-state index in [1.54, 1.807) is 32.3 Å². The molecule has 0 aliphatic rings. The monoisotopic (exact) mass is 256 g/mol. The standard InChI is InChI=1S/C12H20N2O2S/c1-4-5-10-14(3)17(15,16)12-9-7-6-8-11(12)13-2/h6-9,13H,4-5,10H2,1-3H3. The zero-order valence-electron chi connectivity index (χ0n) is 10.6. The maximum absolute atomic E-state index is 12.3. The molecule has 1 N–H and O–H groups in total. The van der Waals surface area contributed by atoms with Crippen molar-refractivity contribution in [1.29, 1.82) is 0 Å². The summed E-state index contributed by atoms with van der Waals surface area (Å²) in [4.78, 5) is 0.334. The Morgan fingerprint density at radius 1 is 1.29 bits per heavy atom. The molecule has 17 heavy (non-hydrogen) atoms. The van der Waals surface area contributed by atoms with E-state index in [9.17, 15) is 8.42 Å². The van der Waals surface area contributed by atoms with Crippen molar-refractivity contribution < 1.29 is 8.42 Å². The predicted octanol–water partition coefficient (Wildman–Crippen LogP) is 2.15. The van der Waals surface area contributed by atoms with Crippen molar-refractivity contribution in [3.05, 3.63) is 24.3 Å². The van der Waals surface area contributed by atoms with Gasteiger partial charge < -0.3 is 5.32 Å². The van der Waals surface area contributed by atoms with Gasteiger partial charge in [0.2, 0.25) is 10.0 Å². The number of para-hydroxylation sites is 1. The number of unbranched alkanes of at least 4 members (excludes halogenated alkanes) is 1. The van der Waals surface area contributed by atoms with Crippen LogP contribution in [-0.2, 0) is 10.0 Å². The SMILES string of the molecule is CCCCN(C)S(=O)(=O)c1ccccc1NC. The Balaban J connectivity index is 3.04. The van der Waals surface area contributed by atoms with Crippen molar-refractivity contribution in [1.82, 2.24) is 4.31 Å². The molecule has 0 amide bonds. The van der Waals surface area contributed by atoms with Crippen LogP contribution in [0.1, 0.15) is 19.8 Å². The fraction of sp³-hybridized carbons (Fsp3) is 0.500. The van der Waals surface area contributed by atoms with Crippen LogP contribution in [0.5, 0.6) is 0 Å². The summed E-state index contributed by atoms with van der Waals surface area (Å²) < 4.78 is 26.0. The van der Waals surface area contributed by atoms with E-state index in [0.717, 1.165) is 12.8 Å². The van der Waals surface area contributed by atoms with Crippen LogP contribution in [0.4, 0.5) is 5.69 Å². The van der Waals surface area contributed by atoms with Crippen molar-refractivity contribution in [2.45, 2.75) is 24.7 Å². The van der Waals surface area contributed by atoms with Crippen LogP contribution >= 0.6 is 0 Å². The van der Waals surface area contributed by atoms with Gasteiger partial charge in [0, 0.05) is 20.6 Å². The molecule has 96 valence electrons.